The Morgan fingerprint density at radius 3 is 2.06 bits per heavy atom. The Morgan fingerprint density at radius 2 is 1.55 bits per heavy atom. The Labute approximate surface area is 184 Å². The lowest BCUT2D eigenvalue weighted by molar-refractivity contribution is -0.133. The topological polar surface area (TPSA) is 84.9 Å². The van der Waals surface area contributed by atoms with Crippen molar-refractivity contribution in [1.82, 2.24) is 9.62 Å². The molecule has 0 bridgehead atoms. The molecular formula is C23H30N2O5S. The van der Waals surface area contributed by atoms with Crippen LogP contribution in [0.5, 0.6) is 11.5 Å². The molecule has 2 aromatic carbocycles. The maximum Gasteiger partial charge on any atom is 0.241 e. The molecule has 1 fully saturated rings. The molecule has 3 rings (SSSR count). The van der Waals surface area contributed by atoms with E-state index in [0.717, 1.165) is 17.7 Å². The van der Waals surface area contributed by atoms with E-state index in [0.29, 0.717) is 18.8 Å². The van der Waals surface area contributed by atoms with Gasteiger partial charge in [0.15, 0.2) is 0 Å². The van der Waals surface area contributed by atoms with Crippen LogP contribution in [0.25, 0.3) is 0 Å². The van der Waals surface area contributed by atoms with Crippen LogP contribution in [0.1, 0.15) is 31.7 Å². The largest absolute Gasteiger partial charge is 0.497 e. The van der Waals surface area contributed by atoms with E-state index in [2.05, 4.69) is 4.72 Å². The SMILES string of the molecule is COc1ccc(C2CCN(C(=O)[C@@H](NS(=O)(=O)c3ccc(OC)cc3)C(C)C)C2)cc1. The van der Waals surface area contributed by atoms with Gasteiger partial charge in [0.25, 0.3) is 0 Å². The number of nitrogens with one attached hydrogen (secondary N) is 1. The van der Waals surface area contributed by atoms with Gasteiger partial charge in [-0.1, -0.05) is 26.0 Å². The number of hydrogen-bond donors (Lipinski definition) is 1. The van der Waals surface area contributed by atoms with Gasteiger partial charge in [0.05, 0.1) is 19.1 Å². The number of ether oxygens (including phenoxy) is 2. The summed E-state index contributed by atoms with van der Waals surface area (Å²) in [5, 5.41) is 0. The van der Waals surface area contributed by atoms with Crippen LogP contribution < -0.4 is 14.2 Å². The zero-order valence-electron chi connectivity index (χ0n) is 18.4. The van der Waals surface area contributed by atoms with Gasteiger partial charge >= 0.3 is 0 Å². The molecule has 0 saturated carbocycles. The third-order valence-electron chi connectivity index (χ3n) is 5.67. The van der Waals surface area contributed by atoms with Crippen LogP contribution in [0.4, 0.5) is 0 Å². The van der Waals surface area contributed by atoms with E-state index in [1.165, 1.54) is 19.2 Å². The van der Waals surface area contributed by atoms with Crippen LogP contribution >= 0.6 is 0 Å². The number of methoxy groups -OCH3 is 2. The van der Waals surface area contributed by atoms with E-state index >= 15 is 0 Å². The summed E-state index contributed by atoms with van der Waals surface area (Å²) in [4.78, 5) is 15.1. The van der Waals surface area contributed by atoms with Gasteiger partial charge < -0.3 is 14.4 Å². The molecule has 1 amide bonds. The van der Waals surface area contributed by atoms with Crippen LogP contribution in [0, 0.1) is 5.92 Å². The number of nitrogens with zero attached hydrogens (tertiary/aromatic N) is 1. The second kappa shape index (κ2) is 9.70. The fourth-order valence-electron chi connectivity index (χ4n) is 3.77. The van der Waals surface area contributed by atoms with Gasteiger partial charge in [0.1, 0.15) is 17.5 Å². The van der Waals surface area contributed by atoms with Gasteiger partial charge in [-0.25, -0.2) is 8.42 Å². The van der Waals surface area contributed by atoms with Crippen molar-refractivity contribution in [3.05, 3.63) is 54.1 Å². The minimum Gasteiger partial charge on any atom is -0.497 e. The van der Waals surface area contributed by atoms with Gasteiger partial charge in [-0.15, -0.1) is 0 Å². The van der Waals surface area contributed by atoms with Gasteiger partial charge in [0.2, 0.25) is 15.9 Å². The number of amides is 1. The molecule has 0 aromatic heterocycles. The molecule has 0 radical (unpaired) electrons. The highest BCUT2D eigenvalue weighted by atomic mass is 32.2. The zero-order valence-corrected chi connectivity index (χ0v) is 19.2. The first kappa shape index (κ1) is 23.1. The lowest BCUT2D eigenvalue weighted by Gasteiger charge is -2.27. The average Bonchev–Trinajstić information content (AvgIpc) is 3.27. The van der Waals surface area contributed by atoms with Crippen molar-refractivity contribution in [3.8, 4) is 11.5 Å². The van der Waals surface area contributed by atoms with Crippen molar-refractivity contribution in [3.63, 3.8) is 0 Å². The highest BCUT2D eigenvalue weighted by Crippen LogP contribution is 2.29. The van der Waals surface area contributed by atoms with Crippen molar-refractivity contribution in [2.75, 3.05) is 27.3 Å². The molecule has 1 saturated heterocycles. The maximum atomic E-state index is 13.2. The number of likely N-dealkylation sites (tertiary alicyclic amines) is 1. The van der Waals surface area contributed by atoms with E-state index in [-0.39, 0.29) is 22.6 Å². The predicted molar refractivity (Wildman–Crippen MR) is 119 cm³/mol. The Hall–Kier alpha value is -2.58. The van der Waals surface area contributed by atoms with Gasteiger partial charge in [-0.2, -0.15) is 4.72 Å². The van der Waals surface area contributed by atoms with E-state index in [1.54, 1.807) is 24.1 Å². The second-order valence-corrected chi connectivity index (χ2v) is 9.78. The molecule has 1 aliphatic rings. The maximum absolute atomic E-state index is 13.2. The molecule has 8 heteroatoms. The quantitative estimate of drug-likeness (QED) is 0.674. The van der Waals surface area contributed by atoms with Crippen LogP contribution in [-0.2, 0) is 14.8 Å². The molecule has 1 aliphatic heterocycles. The first-order valence-corrected chi connectivity index (χ1v) is 11.8. The van der Waals surface area contributed by atoms with Crippen LogP contribution in [0.15, 0.2) is 53.4 Å². The Morgan fingerprint density at radius 1 is 1.00 bits per heavy atom. The summed E-state index contributed by atoms with van der Waals surface area (Å²) in [5.74, 6) is 1.20. The van der Waals surface area contributed by atoms with Gasteiger partial charge in [-0.3, -0.25) is 4.79 Å². The Balaban J connectivity index is 1.71. The summed E-state index contributed by atoms with van der Waals surface area (Å²) in [7, 11) is -0.697. The van der Waals surface area contributed by atoms with Crippen molar-refractivity contribution in [2.45, 2.75) is 37.1 Å². The second-order valence-electron chi connectivity index (χ2n) is 8.06. The Bertz CT molecular complexity index is 988. The Kier molecular flexibility index (Phi) is 7.23. The zero-order chi connectivity index (χ0) is 22.6. The molecule has 1 heterocycles. The van der Waals surface area contributed by atoms with Crippen LogP contribution in [0.3, 0.4) is 0 Å². The van der Waals surface area contributed by atoms with Crippen molar-refractivity contribution in [1.29, 1.82) is 0 Å². The molecule has 7 nitrogen and oxygen atoms in total. The standard InChI is InChI=1S/C23H30N2O5S/c1-16(2)22(24-31(27,28)21-11-9-20(30-4)10-12-21)23(26)25-14-13-18(15-25)17-5-7-19(29-3)8-6-17/h5-12,16,18,22,24H,13-15H2,1-4H3/t18?,22-/m0/s1. The lowest BCUT2D eigenvalue weighted by Crippen LogP contribution is -2.50. The van der Waals surface area contributed by atoms with E-state index in [4.69, 9.17) is 9.47 Å². The van der Waals surface area contributed by atoms with E-state index in [9.17, 15) is 13.2 Å². The molecule has 1 unspecified atom stereocenters. The van der Waals surface area contributed by atoms with Gasteiger partial charge in [0, 0.05) is 19.0 Å². The number of carbonyl (C=O) groups excluding carboxylic acids is 1. The lowest BCUT2D eigenvalue weighted by atomic mass is 9.98. The highest BCUT2D eigenvalue weighted by Gasteiger charge is 2.35. The number of benzene rings is 2. The molecule has 0 aliphatic carbocycles. The van der Waals surface area contributed by atoms with E-state index < -0.39 is 16.1 Å². The van der Waals surface area contributed by atoms with Crippen molar-refractivity contribution >= 4 is 15.9 Å². The summed E-state index contributed by atoms with van der Waals surface area (Å²) >= 11 is 0. The van der Waals surface area contributed by atoms with E-state index in [1.807, 2.05) is 38.1 Å². The van der Waals surface area contributed by atoms with Crippen LogP contribution in [0.2, 0.25) is 0 Å². The van der Waals surface area contributed by atoms with Gasteiger partial charge in [-0.05, 0) is 54.3 Å². The highest BCUT2D eigenvalue weighted by molar-refractivity contribution is 7.89. The van der Waals surface area contributed by atoms with Crippen molar-refractivity contribution in [2.24, 2.45) is 5.92 Å². The summed E-state index contributed by atoms with van der Waals surface area (Å²) in [6, 6.07) is 13.1. The predicted octanol–water partition coefficient (Wildman–Crippen LogP) is 3.02. The molecule has 31 heavy (non-hydrogen) atoms. The summed E-state index contributed by atoms with van der Waals surface area (Å²) in [6.07, 6.45) is 0.841. The number of sulfonamides is 1. The minimum absolute atomic E-state index is 0.101. The monoisotopic (exact) mass is 446 g/mol. The summed E-state index contributed by atoms with van der Waals surface area (Å²) in [5.41, 5.74) is 1.15. The first-order chi connectivity index (χ1) is 14.7. The number of carbonyl (C=O) groups is 1. The van der Waals surface area contributed by atoms with Crippen LogP contribution in [-0.4, -0.2) is 52.6 Å². The van der Waals surface area contributed by atoms with Crippen molar-refractivity contribution < 1.29 is 22.7 Å². The molecule has 168 valence electrons. The smallest absolute Gasteiger partial charge is 0.241 e. The first-order valence-electron chi connectivity index (χ1n) is 10.3. The number of rotatable bonds is 8. The minimum atomic E-state index is -3.84. The number of hydrogen-bond acceptors (Lipinski definition) is 5. The normalized spacial score (nSPS) is 17.6. The molecule has 1 N–H and O–H groups in total. The fraction of sp³-hybridized carbons (Fsp3) is 0.435. The third-order valence-corrected chi connectivity index (χ3v) is 7.13. The summed E-state index contributed by atoms with van der Waals surface area (Å²) in [6.45, 7) is 4.86. The third kappa shape index (κ3) is 5.37. The molecule has 2 aromatic rings. The summed E-state index contributed by atoms with van der Waals surface area (Å²) < 4.78 is 38.7. The molecule has 0 spiro atoms. The fourth-order valence-corrected chi connectivity index (χ4v) is 5.10. The molecule has 2 atom stereocenters. The average molecular weight is 447 g/mol. The molecular weight excluding hydrogens is 416 g/mol.